The summed E-state index contributed by atoms with van der Waals surface area (Å²) in [5.41, 5.74) is 2.64. The van der Waals surface area contributed by atoms with Crippen molar-refractivity contribution in [3.05, 3.63) is 41.9 Å². The van der Waals surface area contributed by atoms with Crippen molar-refractivity contribution in [2.75, 3.05) is 0 Å². The molecule has 1 aromatic carbocycles. The molecule has 0 radical (unpaired) electrons. The van der Waals surface area contributed by atoms with Crippen LogP contribution in [0.4, 0.5) is 0 Å². The van der Waals surface area contributed by atoms with Crippen LogP contribution < -0.4 is 0 Å². The van der Waals surface area contributed by atoms with Gasteiger partial charge in [0.1, 0.15) is 5.69 Å². The molecule has 0 saturated carbocycles. The normalized spacial score (nSPS) is 10.8. The summed E-state index contributed by atoms with van der Waals surface area (Å²) in [5.74, 6) is -0.535. The number of aromatic carboxylic acids is 1. The number of hydrogen-bond donors (Lipinski definition) is 2. The minimum absolute atomic E-state index is 0.127. The summed E-state index contributed by atoms with van der Waals surface area (Å²) in [6, 6.07) is 7.80. The van der Waals surface area contributed by atoms with Crippen LogP contribution in [-0.2, 0) is 0 Å². The van der Waals surface area contributed by atoms with Crippen LogP contribution in [0.15, 0.2) is 30.6 Å². The lowest BCUT2D eigenvalue weighted by atomic mass is 10.0. The third-order valence-corrected chi connectivity index (χ3v) is 2.70. The lowest BCUT2D eigenvalue weighted by Crippen LogP contribution is -1.99. The summed E-state index contributed by atoms with van der Waals surface area (Å²) in [7, 11) is 0. The third-order valence-electron chi connectivity index (χ3n) is 2.70. The Bertz CT molecular complexity index is 527. The second kappa shape index (κ2) is 4.41. The number of nitrogens with one attached hydrogen (secondary N) is 1. The first kappa shape index (κ1) is 11.4. The van der Waals surface area contributed by atoms with Crippen molar-refractivity contribution in [3.8, 4) is 11.3 Å². The molecule has 1 heterocycles. The molecule has 0 aliphatic rings. The second-order valence-corrected chi connectivity index (χ2v) is 4.21. The zero-order valence-corrected chi connectivity index (χ0v) is 9.77. The van der Waals surface area contributed by atoms with Crippen molar-refractivity contribution in [1.29, 1.82) is 0 Å². The van der Waals surface area contributed by atoms with E-state index < -0.39 is 5.97 Å². The first-order chi connectivity index (χ1) is 8.09. The van der Waals surface area contributed by atoms with Crippen LogP contribution in [0.3, 0.4) is 0 Å². The van der Waals surface area contributed by atoms with E-state index in [9.17, 15) is 4.79 Å². The fourth-order valence-corrected chi connectivity index (χ4v) is 1.70. The summed E-state index contributed by atoms with van der Waals surface area (Å²) in [5, 5.41) is 8.99. The van der Waals surface area contributed by atoms with E-state index in [0.29, 0.717) is 11.6 Å². The Morgan fingerprint density at radius 2 is 1.94 bits per heavy atom. The number of nitrogens with zero attached hydrogens (tertiary/aromatic N) is 1. The van der Waals surface area contributed by atoms with Crippen LogP contribution in [0.2, 0.25) is 0 Å². The zero-order chi connectivity index (χ0) is 12.4. The van der Waals surface area contributed by atoms with Gasteiger partial charge < -0.3 is 10.1 Å². The highest BCUT2D eigenvalue weighted by Gasteiger charge is 2.14. The predicted octanol–water partition coefficient (Wildman–Crippen LogP) is 2.90. The van der Waals surface area contributed by atoms with Crippen molar-refractivity contribution < 1.29 is 9.90 Å². The summed E-state index contributed by atoms with van der Waals surface area (Å²) in [6.07, 6.45) is 1.40. The maximum atomic E-state index is 11.0. The van der Waals surface area contributed by atoms with Gasteiger partial charge in [0, 0.05) is 5.56 Å². The molecule has 0 amide bonds. The second-order valence-electron chi connectivity index (χ2n) is 4.21. The Labute approximate surface area is 99.3 Å². The van der Waals surface area contributed by atoms with Gasteiger partial charge in [-0.3, -0.25) is 0 Å². The molecular formula is C13H14N2O2. The topological polar surface area (TPSA) is 66.0 Å². The highest BCUT2D eigenvalue weighted by molar-refractivity contribution is 5.92. The van der Waals surface area contributed by atoms with E-state index in [0.717, 1.165) is 5.56 Å². The molecule has 0 atom stereocenters. The van der Waals surface area contributed by atoms with Crippen molar-refractivity contribution in [1.82, 2.24) is 9.97 Å². The van der Waals surface area contributed by atoms with E-state index in [4.69, 9.17) is 5.11 Å². The summed E-state index contributed by atoms with van der Waals surface area (Å²) in [4.78, 5) is 17.6. The van der Waals surface area contributed by atoms with E-state index >= 15 is 0 Å². The minimum atomic E-state index is -0.995. The highest BCUT2D eigenvalue weighted by atomic mass is 16.4. The van der Waals surface area contributed by atoms with Gasteiger partial charge in [0.05, 0.1) is 6.33 Å². The molecule has 4 nitrogen and oxygen atoms in total. The van der Waals surface area contributed by atoms with Crippen LogP contribution in [0.5, 0.6) is 0 Å². The fraction of sp³-hybridized carbons (Fsp3) is 0.231. The van der Waals surface area contributed by atoms with Crippen LogP contribution in [0.1, 0.15) is 35.8 Å². The molecule has 2 rings (SSSR count). The Kier molecular flexibility index (Phi) is 2.95. The van der Waals surface area contributed by atoms with Gasteiger partial charge in [0.15, 0.2) is 5.69 Å². The maximum absolute atomic E-state index is 11.0. The number of carbonyl (C=O) groups is 1. The van der Waals surface area contributed by atoms with Gasteiger partial charge in [-0.1, -0.05) is 38.1 Å². The average molecular weight is 230 g/mol. The molecular weight excluding hydrogens is 216 g/mol. The van der Waals surface area contributed by atoms with Gasteiger partial charge in [-0.25, -0.2) is 9.78 Å². The Hall–Kier alpha value is -2.10. The molecule has 2 aromatic rings. The SMILES string of the molecule is CC(C)c1ccc(-c2nc[nH]c2C(=O)O)cc1. The number of H-pyrrole nitrogens is 1. The van der Waals surface area contributed by atoms with Crippen molar-refractivity contribution in [2.45, 2.75) is 19.8 Å². The van der Waals surface area contributed by atoms with Gasteiger partial charge >= 0.3 is 5.97 Å². The molecule has 0 spiro atoms. The van der Waals surface area contributed by atoms with Crippen LogP contribution in [-0.4, -0.2) is 21.0 Å². The smallest absolute Gasteiger partial charge is 0.354 e. The quantitative estimate of drug-likeness (QED) is 0.852. The molecule has 17 heavy (non-hydrogen) atoms. The standard InChI is InChI=1S/C13H14N2O2/c1-8(2)9-3-5-10(6-4-9)11-12(13(16)17)15-7-14-11/h3-8H,1-2H3,(H,14,15)(H,16,17). The van der Waals surface area contributed by atoms with Crippen LogP contribution in [0.25, 0.3) is 11.3 Å². The maximum Gasteiger partial charge on any atom is 0.354 e. The summed E-state index contributed by atoms with van der Waals surface area (Å²) < 4.78 is 0. The summed E-state index contributed by atoms with van der Waals surface area (Å²) >= 11 is 0. The Balaban J connectivity index is 2.40. The number of imidazole rings is 1. The van der Waals surface area contributed by atoms with E-state index in [-0.39, 0.29) is 5.69 Å². The van der Waals surface area contributed by atoms with Crippen molar-refractivity contribution >= 4 is 5.97 Å². The molecule has 1 aromatic heterocycles. The number of carboxylic acid groups (broad SMARTS) is 1. The summed E-state index contributed by atoms with van der Waals surface area (Å²) in [6.45, 7) is 4.23. The molecule has 0 bridgehead atoms. The van der Waals surface area contributed by atoms with Gasteiger partial charge in [0.25, 0.3) is 0 Å². The Morgan fingerprint density at radius 1 is 1.29 bits per heavy atom. The van der Waals surface area contributed by atoms with Gasteiger partial charge in [-0.2, -0.15) is 0 Å². The van der Waals surface area contributed by atoms with E-state index in [1.807, 2.05) is 24.3 Å². The highest BCUT2D eigenvalue weighted by Crippen LogP contribution is 2.23. The lowest BCUT2D eigenvalue weighted by molar-refractivity contribution is 0.0692. The van der Waals surface area contributed by atoms with Crippen LogP contribution in [0, 0.1) is 0 Å². The molecule has 0 aliphatic carbocycles. The van der Waals surface area contributed by atoms with Crippen molar-refractivity contribution in [3.63, 3.8) is 0 Å². The van der Waals surface area contributed by atoms with E-state index in [1.54, 1.807) is 0 Å². The van der Waals surface area contributed by atoms with Crippen molar-refractivity contribution in [2.24, 2.45) is 0 Å². The number of aromatic nitrogens is 2. The van der Waals surface area contributed by atoms with Crippen LogP contribution >= 0.6 is 0 Å². The first-order valence-corrected chi connectivity index (χ1v) is 5.46. The number of aromatic amines is 1. The number of benzene rings is 1. The Morgan fingerprint density at radius 3 is 2.47 bits per heavy atom. The lowest BCUT2D eigenvalue weighted by Gasteiger charge is -2.06. The molecule has 0 saturated heterocycles. The number of carboxylic acids is 1. The largest absolute Gasteiger partial charge is 0.477 e. The van der Waals surface area contributed by atoms with Gasteiger partial charge in [-0.05, 0) is 11.5 Å². The zero-order valence-electron chi connectivity index (χ0n) is 9.77. The molecule has 88 valence electrons. The monoisotopic (exact) mass is 230 g/mol. The molecule has 0 aliphatic heterocycles. The third kappa shape index (κ3) is 2.20. The minimum Gasteiger partial charge on any atom is -0.477 e. The number of rotatable bonds is 3. The fourth-order valence-electron chi connectivity index (χ4n) is 1.70. The first-order valence-electron chi connectivity index (χ1n) is 5.46. The molecule has 0 fully saturated rings. The van der Waals surface area contributed by atoms with Gasteiger partial charge in [-0.15, -0.1) is 0 Å². The molecule has 4 heteroatoms. The molecule has 2 N–H and O–H groups in total. The predicted molar refractivity (Wildman–Crippen MR) is 65.1 cm³/mol. The molecule has 0 unspecified atom stereocenters. The average Bonchev–Trinajstić information content (AvgIpc) is 2.78. The van der Waals surface area contributed by atoms with Gasteiger partial charge in [0.2, 0.25) is 0 Å². The van der Waals surface area contributed by atoms with E-state index in [2.05, 4.69) is 23.8 Å². The number of hydrogen-bond acceptors (Lipinski definition) is 2. The van der Waals surface area contributed by atoms with E-state index in [1.165, 1.54) is 11.9 Å².